The first-order chi connectivity index (χ1) is 17.8. The van der Waals surface area contributed by atoms with Crippen LogP contribution in [0.2, 0.25) is 5.02 Å². The second-order valence-electron chi connectivity index (χ2n) is 8.59. The molecule has 5 rings (SSSR count). The number of hydrogen-bond acceptors (Lipinski definition) is 6. The minimum Gasteiger partial charge on any atom is -0.486 e. The Morgan fingerprint density at radius 1 is 1.16 bits per heavy atom. The van der Waals surface area contributed by atoms with E-state index in [0.29, 0.717) is 49.9 Å². The number of benzene rings is 3. The van der Waals surface area contributed by atoms with Crippen LogP contribution in [0.1, 0.15) is 43.1 Å². The van der Waals surface area contributed by atoms with Crippen molar-refractivity contribution in [3.05, 3.63) is 89.8 Å². The maximum absolute atomic E-state index is 13.3. The van der Waals surface area contributed by atoms with E-state index in [-0.39, 0.29) is 18.3 Å². The topological polar surface area (TPSA) is 74.9 Å². The quantitative estimate of drug-likeness (QED) is 0.197. The highest BCUT2D eigenvalue weighted by Crippen LogP contribution is 2.36. The minimum absolute atomic E-state index is 0.0418. The van der Waals surface area contributed by atoms with Gasteiger partial charge in [0.1, 0.15) is 12.4 Å². The third-order valence-electron chi connectivity index (χ3n) is 6.05. The van der Waals surface area contributed by atoms with Crippen molar-refractivity contribution in [1.82, 2.24) is 9.66 Å². The van der Waals surface area contributed by atoms with Crippen molar-refractivity contribution in [3.8, 4) is 17.2 Å². The smallest absolute Gasteiger partial charge is 0.282 e. The van der Waals surface area contributed by atoms with Gasteiger partial charge in [-0.05, 0) is 75.9 Å². The molecule has 1 aromatic heterocycles. The highest BCUT2D eigenvalue weighted by atomic mass is 79.9. The lowest BCUT2D eigenvalue weighted by atomic mass is 10.1. The normalized spacial score (nSPS) is 13.4. The molecule has 1 aliphatic rings. The molecule has 0 amide bonds. The maximum atomic E-state index is 13.3. The van der Waals surface area contributed by atoms with Gasteiger partial charge in [0.25, 0.3) is 5.56 Å². The predicted octanol–water partition coefficient (Wildman–Crippen LogP) is 7.28. The summed E-state index contributed by atoms with van der Waals surface area (Å²) in [5, 5.41) is 5.42. The van der Waals surface area contributed by atoms with Crippen molar-refractivity contribution < 1.29 is 14.2 Å². The molecule has 1 aliphatic heterocycles. The molecule has 190 valence electrons. The Labute approximate surface area is 235 Å². The average Bonchev–Trinajstić information content (AvgIpc) is 3.35. The molecule has 0 fully saturated rings. The molecule has 10 heteroatoms. The van der Waals surface area contributed by atoms with E-state index in [9.17, 15) is 4.79 Å². The van der Waals surface area contributed by atoms with E-state index >= 15 is 0 Å². The van der Waals surface area contributed by atoms with Crippen molar-refractivity contribution >= 4 is 60.6 Å². The number of halogens is 3. The Morgan fingerprint density at radius 2 is 1.97 bits per heavy atom. The second kappa shape index (κ2) is 10.8. The molecule has 0 bridgehead atoms. The van der Waals surface area contributed by atoms with Crippen LogP contribution in [0.15, 0.2) is 67.4 Å². The van der Waals surface area contributed by atoms with Gasteiger partial charge in [-0.25, -0.2) is 4.98 Å². The van der Waals surface area contributed by atoms with Crippen LogP contribution in [-0.4, -0.2) is 22.7 Å². The van der Waals surface area contributed by atoms with E-state index in [1.807, 2.05) is 43.3 Å². The average molecular weight is 648 g/mol. The maximum Gasteiger partial charge on any atom is 0.282 e. The van der Waals surface area contributed by atoms with Gasteiger partial charge in [-0.2, -0.15) is 9.78 Å². The molecular formula is C27H22Br2ClN3O4. The Bertz CT molecular complexity index is 1570. The van der Waals surface area contributed by atoms with Gasteiger partial charge in [-0.3, -0.25) is 4.79 Å². The number of fused-ring (bicyclic) bond motifs is 2. The summed E-state index contributed by atoms with van der Waals surface area (Å²) >= 11 is 13.5. The van der Waals surface area contributed by atoms with Crippen LogP contribution in [0, 0.1) is 0 Å². The number of rotatable bonds is 7. The van der Waals surface area contributed by atoms with Gasteiger partial charge >= 0.3 is 0 Å². The lowest BCUT2D eigenvalue weighted by molar-refractivity contribution is 0.174. The zero-order valence-corrected chi connectivity index (χ0v) is 23.9. The van der Waals surface area contributed by atoms with E-state index < -0.39 is 0 Å². The van der Waals surface area contributed by atoms with E-state index in [1.54, 1.807) is 18.3 Å². The van der Waals surface area contributed by atoms with Crippen molar-refractivity contribution in [2.24, 2.45) is 5.10 Å². The summed E-state index contributed by atoms with van der Waals surface area (Å²) in [5.41, 5.74) is 2.03. The largest absolute Gasteiger partial charge is 0.486 e. The van der Waals surface area contributed by atoms with E-state index in [1.165, 1.54) is 4.68 Å². The Morgan fingerprint density at radius 3 is 2.76 bits per heavy atom. The van der Waals surface area contributed by atoms with Gasteiger partial charge in [0, 0.05) is 10.4 Å². The number of hydrogen-bond donors (Lipinski definition) is 0. The zero-order chi connectivity index (χ0) is 26.1. The molecule has 37 heavy (non-hydrogen) atoms. The number of ether oxygens (including phenoxy) is 3. The van der Waals surface area contributed by atoms with Crippen LogP contribution >= 0.6 is 43.5 Å². The first kappa shape index (κ1) is 25.8. The lowest BCUT2D eigenvalue weighted by Gasteiger charge is -2.14. The van der Waals surface area contributed by atoms with Gasteiger partial charge in [0.05, 0.1) is 26.6 Å². The molecule has 0 N–H and O–H groups in total. The SMILES string of the molecule is CC[C@@H](C)c1nc2ccc(Br)cc2c(=O)n1N=Cc1cc(Cl)c(OCc2ccc3c(c2)OCO3)c(Br)c1. The Hall–Kier alpha value is -2.88. The predicted molar refractivity (Wildman–Crippen MR) is 151 cm³/mol. The summed E-state index contributed by atoms with van der Waals surface area (Å²) in [6.07, 6.45) is 2.41. The molecule has 0 radical (unpaired) electrons. The summed E-state index contributed by atoms with van der Waals surface area (Å²) in [5.74, 6) is 2.57. The van der Waals surface area contributed by atoms with Crippen LogP contribution in [-0.2, 0) is 6.61 Å². The Kier molecular flexibility index (Phi) is 7.55. The molecule has 4 aromatic rings. The summed E-state index contributed by atoms with van der Waals surface area (Å²) in [4.78, 5) is 18.1. The standard InChI is InChI=1S/C27H22Br2ClN3O4/c1-3-15(2)26-32-22-6-5-18(28)11-19(22)27(34)33(26)31-12-17-8-20(29)25(21(30)9-17)35-13-16-4-7-23-24(10-16)37-14-36-23/h4-12,15H,3,13-14H2,1-2H3/t15-/m1/s1. The number of aromatic nitrogens is 2. The summed E-state index contributed by atoms with van der Waals surface area (Å²) in [6, 6.07) is 14.7. The van der Waals surface area contributed by atoms with Crippen molar-refractivity contribution in [2.75, 3.05) is 6.79 Å². The fourth-order valence-electron chi connectivity index (χ4n) is 3.88. The van der Waals surface area contributed by atoms with Crippen LogP contribution in [0.3, 0.4) is 0 Å². The fourth-order valence-corrected chi connectivity index (χ4v) is 5.23. The van der Waals surface area contributed by atoms with Crippen molar-refractivity contribution in [3.63, 3.8) is 0 Å². The van der Waals surface area contributed by atoms with Crippen molar-refractivity contribution in [1.29, 1.82) is 0 Å². The third kappa shape index (κ3) is 5.39. The van der Waals surface area contributed by atoms with Gasteiger partial charge in [-0.1, -0.05) is 47.4 Å². The van der Waals surface area contributed by atoms with E-state index in [2.05, 4.69) is 43.9 Å². The van der Waals surface area contributed by atoms with Gasteiger partial charge < -0.3 is 14.2 Å². The molecule has 1 atom stereocenters. The highest BCUT2D eigenvalue weighted by molar-refractivity contribution is 9.10. The van der Waals surface area contributed by atoms with E-state index in [4.69, 9.17) is 30.8 Å². The first-order valence-electron chi connectivity index (χ1n) is 11.6. The van der Waals surface area contributed by atoms with Crippen LogP contribution in [0.5, 0.6) is 17.2 Å². The summed E-state index contributed by atoms with van der Waals surface area (Å²) < 4.78 is 19.6. The monoisotopic (exact) mass is 645 g/mol. The molecule has 0 saturated carbocycles. The second-order valence-corrected chi connectivity index (χ2v) is 10.8. The molecule has 0 unspecified atom stereocenters. The zero-order valence-electron chi connectivity index (χ0n) is 20.0. The molecule has 2 heterocycles. The number of nitrogens with zero attached hydrogens (tertiary/aromatic N) is 3. The summed E-state index contributed by atoms with van der Waals surface area (Å²) in [6.45, 7) is 4.60. The molecule has 0 aliphatic carbocycles. The third-order valence-corrected chi connectivity index (χ3v) is 7.41. The molecule has 0 spiro atoms. The van der Waals surface area contributed by atoms with Crippen LogP contribution in [0.25, 0.3) is 10.9 Å². The van der Waals surface area contributed by atoms with Gasteiger partial charge in [0.2, 0.25) is 6.79 Å². The highest BCUT2D eigenvalue weighted by Gasteiger charge is 2.17. The van der Waals surface area contributed by atoms with Crippen molar-refractivity contribution in [2.45, 2.75) is 32.8 Å². The van der Waals surface area contributed by atoms with Gasteiger partial charge in [-0.15, -0.1) is 0 Å². The molecule has 0 saturated heterocycles. The summed E-state index contributed by atoms with van der Waals surface area (Å²) in [7, 11) is 0. The Balaban J connectivity index is 1.43. The van der Waals surface area contributed by atoms with E-state index in [0.717, 1.165) is 22.2 Å². The molecule has 3 aromatic carbocycles. The molecule has 7 nitrogen and oxygen atoms in total. The minimum atomic E-state index is -0.230. The molecular weight excluding hydrogens is 626 g/mol. The first-order valence-corrected chi connectivity index (χ1v) is 13.6. The van der Waals surface area contributed by atoms with Crippen LogP contribution < -0.4 is 19.8 Å². The fraction of sp³-hybridized carbons (Fsp3) is 0.222. The lowest BCUT2D eigenvalue weighted by Crippen LogP contribution is -2.23. The van der Waals surface area contributed by atoms with Crippen LogP contribution in [0.4, 0.5) is 0 Å². The van der Waals surface area contributed by atoms with Gasteiger partial charge in [0.15, 0.2) is 17.2 Å².